The molecule has 24 heavy (non-hydrogen) atoms. The van der Waals surface area contributed by atoms with Gasteiger partial charge in [-0.05, 0) is 44.4 Å². The second-order valence-corrected chi connectivity index (χ2v) is 7.08. The van der Waals surface area contributed by atoms with Crippen molar-refractivity contribution in [3.05, 3.63) is 12.2 Å². The standard InChI is InChI=1S/C20H34O4/c1-2-3-6-9-17(21)14-12-16-13-15-19(22)18(16)10-7-4-5-8-11-20(23)24/h6,9,16-18,21H,2-5,7-8,10-15H2,1H3,(H,23,24)/t16-,17?,18+/m0/s1. The summed E-state index contributed by atoms with van der Waals surface area (Å²) in [6.45, 7) is 2.12. The van der Waals surface area contributed by atoms with Crippen molar-refractivity contribution in [2.75, 3.05) is 0 Å². The Morgan fingerprint density at radius 2 is 2.00 bits per heavy atom. The molecule has 4 heteroatoms. The average Bonchev–Trinajstić information content (AvgIpc) is 2.89. The summed E-state index contributed by atoms with van der Waals surface area (Å²) in [6, 6.07) is 0. The van der Waals surface area contributed by atoms with Crippen LogP contribution in [0, 0.1) is 11.8 Å². The first kappa shape index (κ1) is 20.9. The molecular formula is C20H34O4. The van der Waals surface area contributed by atoms with Gasteiger partial charge >= 0.3 is 5.97 Å². The quantitative estimate of drug-likeness (QED) is 0.383. The molecule has 4 nitrogen and oxygen atoms in total. The SMILES string of the molecule is CCCC=CC(O)CC[C@H]1CCC(=O)[C@@H]1CCCCCCC(=O)O. The van der Waals surface area contributed by atoms with Crippen LogP contribution < -0.4 is 0 Å². The van der Waals surface area contributed by atoms with Crippen LogP contribution in [0.2, 0.25) is 0 Å². The fourth-order valence-electron chi connectivity index (χ4n) is 3.61. The maximum Gasteiger partial charge on any atom is 0.303 e. The van der Waals surface area contributed by atoms with Gasteiger partial charge in [0.15, 0.2) is 0 Å². The van der Waals surface area contributed by atoms with Crippen molar-refractivity contribution in [3.63, 3.8) is 0 Å². The van der Waals surface area contributed by atoms with Crippen LogP contribution >= 0.6 is 0 Å². The number of carboxylic acids is 1. The monoisotopic (exact) mass is 338 g/mol. The summed E-state index contributed by atoms with van der Waals surface area (Å²) >= 11 is 0. The summed E-state index contributed by atoms with van der Waals surface area (Å²) in [4.78, 5) is 22.6. The van der Waals surface area contributed by atoms with Crippen molar-refractivity contribution < 1.29 is 19.8 Å². The van der Waals surface area contributed by atoms with Gasteiger partial charge in [0.1, 0.15) is 5.78 Å². The highest BCUT2D eigenvalue weighted by Crippen LogP contribution is 2.36. The lowest BCUT2D eigenvalue weighted by Gasteiger charge is -2.19. The Morgan fingerprint density at radius 3 is 2.71 bits per heavy atom. The highest BCUT2D eigenvalue weighted by Gasteiger charge is 2.33. The van der Waals surface area contributed by atoms with E-state index in [1.54, 1.807) is 0 Å². The zero-order valence-corrected chi connectivity index (χ0v) is 15.1. The molecule has 1 aliphatic rings. The first-order valence-electron chi connectivity index (χ1n) is 9.63. The molecule has 138 valence electrons. The number of hydrogen-bond donors (Lipinski definition) is 2. The van der Waals surface area contributed by atoms with Crippen LogP contribution in [0.5, 0.6) is 0 Å². The lowest BCUT2D eigenvalue weighted by molar-refractivity contribution is -0.137. The van der Waals surface area contributed by atoms with Gasteiger partial charge in [-0.15, -0.1) is 0 Å². The van der Waals surface area contributed by atoms with Crippen molar-refractivity contribution in [2.24, 2.45) is 11.8 Å². The van der Waals surface area contributed by atoms with Gasteiger partial charge in [0.2, 0.25) is 0 Å². The number of aliphatic carboxylic acids is 1. The van der Waals surface area contributed by atoms with E-state index in [4.69, 9.17) is 5.11 Å². The van der Waals surface area contributed by atoms with E-state index in [2.05, 4.69) is 6.92 Å². The molecule has 0 heterocycles. The van der Waals surface area contributed by atoms with Crippen molar-refractivity contribution in [1.82, 2.24) is 0 Å². The Hall–Kier alpha value is -1.16. The van der Waals surface area contributed by atoms with Gasteiger partial charge in [0.05, 0.1) is 6.10 Å². The topological polar surface area (TPSA) is 74.6 Å². The second kappa shape index (κ2) is 12.2. The number of carbonyl (C=O) groups excluding carboxylic acids is 1. The van der Waals surface area contributed by atoms with Gasteiger partial charge in [-0.3, -0.25) is 9.59 Å². The normalized spacial score (nSPS) is 22.3. The third kappa shape index (κ3) is 8.62. The van der Waals surface area contributed by atoms with Crippen LogP contribution in [0.4, 0.5) is 0 Å². The molecule has 3 atom stereocenters. The number of carbonyl (C=O) groups is 2. The number of hydrogen-bond acceptors (Lipinski definition) is 3. The molecule has 0 radical (unpaired) electrons. The highest BCUT2D eigenvalue weighted by atomic mass is 16.4. The minimum atomic E-state index is -0.729. The van der Waals surface area contributed by atoms with Crippen LogP contribution in [0.3, 0.4) is 0 Å². The molecule has 1 fully saturated rings. The number of aliphatic hydroxyl groups is 1. The smallest absolute Gasteiger partial charge is 0.303 e. The molecule has 0 aliphatic heterocycles. The molecule has 0 amide bonds. The van der Waals surface area contributed by atoms with Crippen molar-refractivity contribution in [2.45, 2.75) is 90.1 Å². The first-order valence-corrected chi connectivity index (χ1v) is 9.63. The van der Waals surface area contributed by atoms with Crippen molar-refractivity contribution >= 4 is 11.8 Å². The largest absolute Gasteiger partial charge is 0.481 e. The van der Waals surface area contributed by atoms with E-state index in [9.17, 15) is 14.7 Å². The predicted molar refractivity (Wildman–Crippen MR) is 95.8 cm³/mol. The van der Waals surface area contributed by atoms with E-state index >= 15 is 0 Å². The maximum atomic E-state index is 12.1. The van der Waals surface area contributed by atoms with E-state index in [1.165, 1.54) is 0 Å². The predicted octanol–water partition coefficient (Wildman–Crippen LogP) is 4.50. The maximum absolute atomic E-state index is 12.1. The van der Waals surface area contributed by atoms with Gasteiger partial charge in [0, 0.05) is 18.8 Å². The number of unbranched alkanes of at least 4 members (excludes halogenated alkanes) is 4. The van der Waals surface area contributed by atoms with E-state index < -0.39 is 5.97 Å². The zero-order valence-electron chi connectivity index (χ0n) is 15.1. The fraction of sp³-hybridized carbons (Fsp3) is 0.800. The molecule has 2 N–H and O–H groups in total. The molecule has 0 aromatic carbocycles. The van der Waals surface area contributed by atoms with E-state index in [0.29, 0.717) is 18.1 Å². The van der Waals surface area contributed by atoms with Gasteiger partial charge in [-0.2, -0.15) is 0 Å². The molecule has 0 aromatic rings. The van der Waals surface area contributed by atoms with Gasteiger partial charge in [-0.25, -0.2) is 0 Å². The fourth-order valence-corrected chi connectivity index (χ4v) is 3.61. The Morgan fingerprint density at radius 1 is 1.25 bits per heavy atom. The van der Waals surface area contributed by atoms with E-state index in [0.717, 1.165) is 64.2 Å². The summed E-state index contributed by atoms with van der Waals surface area (Å²) < 4.78 is 0. The summed E-state index contributed by atoms with van der Waals surface area (Å²) in [7, 11) is 0. The van der Waals surface area contributed by atoms with Crippen molar-refractivity contribution in [3.8, 4) is 0 Å². The number of aliphatic hydroxyl groups excluding tert-OH is 1. The number of allylic oxidation sites excluding steroid dienone is 1. The molecule has 0 saturated heterocycles. The van der Waals surface area contributed by atoms with Crippen LogP contribution in [0.25, 0.3) is 0 Å². The van der Waals surface area contributed by atoms with Crippen LogP contribution in [0.15, 0.2) is 12.2 Å². The lowest BCUT2D eigenvalue weighted by Crippen LogP contribution is -2.16. The summed E-state index contributed by atoms with van der Waals surface area (Å²) in [6.07, 6.45) is 13.8. The molecular weight excluding hydrogens is 304 g/mol. The Labute approximate surface area is 146 Å². The Bertz CT molecular complexity index is 402. The van der Waals surface area contributed by atoms with Crippen LogP contribution in [-0.2, 0) is 9.59 Å². The molecule has 0 spiro atoms. The van der Waals surface area contributed by atoms with E-state index in [-0.39, 0.29) is 18.4 Å². The summed E-state index contributed by atoms with van der Waals surface area (Å²) in [5, 5.41) is 18.6. The Kier molecular flexibility index (Phi) is 10.6. The molecule has 1 unspecified atom stereocenters. The molecule has 0 bridgehead atoms. The molecule has 1 rings (SSSR count). The second-order valence-electron chi connectivity index (χ2n) is 7.08. The summed E-state index contributed by atoms with van der Waals surface area (Å²) in [5.74, 6) is 0.246. The third-order valence-corrected chi connectivity index (χ3v) is 5.05. The minimum absolute atomic E-state index is 0.163. The van der Waals surface area contributed by atoms with Crippen molar-refractivity contribution in [1.29, 1.82) is 0 Å². The van der Waals surface area contributed by atoms with E-state index in [1.807, 2.05) is 12.2 Å². The zero-order chi connectivity index (χ0) is 17.8. The number of rotatable bonds is 13. The minimum Gasteiger partial charge on any atom is -0.481 e. The lowest BCUT2D eigenvalue weighted by atomic mass is 9.86. The number of Topliss-reactive ketones (excluding diaryl/α,β-unsaturated/α-hetero) is 1. The Balaban J connectivity index is 2.24. The van der Waals surface area contributed by atoms with Gasteiger partial charge in [-0.1, -0.05) is 44.8 Å². The molecule has 0 aromatic heterocycles. The van der Waals surface area contributed by atoms with Crippen LogP contribution in [-0.4, -0.2) is 28.1 Å². The summed E-state index contributed by atoms with van der Waals surface area (Å²) in [5.41, 5.74) is 0. The average molecular weight is 338 g/mol. The number of ketones is 1. The number of carboxylic acid groups (broad SMARTS) is 1. The van der Waals surface area contributed by atoms with Crippen LogP contribution in [0.1, 0.15) is 84.0 Å². The third-order valence-electron chi connectivity index (χ3n) is 5.05. The van der Waals surface area contributed by atoms with Gasteiger partial charge in [0.25, 0.3) is 0 Å². The first-order chi connectivity index (χ1) is 11.5. The van der Waals surface area contributed by atoms with Gasteiger partial charge < -0.3 is 10.2 Å². The molecule has 1 saturated carbocycles. The highest BCUT2D eigenvalue weighted by molar-refractivity contribution is 5.83. The molecule has 1 aliphatic carbocycles.